The first-order valence-corrected chi connectivity index (χ1v) is 7.96. The molecule has 22 heavy (non-hydrogen) atoms. The monoisotopic (exact) mass is 339 g/mol. The molecular formula is C16H19Cl2N3O. The summed E-state index contributed by atoms with van der Waals surface area (Å²) >= 11 is 11.9. The van der Waals surface area contributed by atoms with E-state index >= 15 is 0 Å². The fraction of sp³-hybridized carbons (Fsp3) is 0.375. The molecule has 0 radical (unpaired) electrons. The molecule has 0 aliphatic heterocycles. The Hall–Kier alpha value is -1.52. The molecule has 4 nitrogen and oxygen atoms in total. The predicted octanol–water partition coefficient (Wildman–Crippen LogP) is 4.65. The number of hydrogen-bond donors (Lipinski definition) is 1. The van der Waals surface area contributed by atoms with Gasteiger partial charge in [-0.15, -0.1) is 0 Å². The quantitative estimate of drug-likeness (QED) is 0.861. The maximum Gasteiger partial charge on any atom is 0.230 e. The van der Waals surface area contributed by atoms with Crippen molar-refractivity contribution in [2.45, 2.75) is 39.7 Å². The van der Waals surface area contributed by atoms with Crippen molar-refractivity contribution >= 4 is 34.9 Å². The zero-order chi connectivity index (χ0) is 16.3. The molecule has 2 aromatic rings. The topological polar surface area (TPSA) is 46.9 Å². The minimum Gasteiger partial charge on any atom is -0.309 e. The summed E-state index contributed by atoms with van der Waals surface area (Å²) in [6.07, 6.45) is 1.17. The number of aryl methyl sites for hydroxylation is 1. The van der Waals surface area contributed by atoms with Gasteiger partial charge >= 0.3 is 0 Å². The average molecular weight is 340 g/mol. The van der Waals surface area contributed by atoms with E-state index in [9.17, 15) is 4.79 Å². The normalized spacial score (nSPS) is 12.2. The first kappa shape index (κ1) is 16.8. The molecule has 118 valence electrons. The lowest BCUT2D eigenvalue weighted by molar-refractivity contribution is -0.115. The lowest BCUT2D eigenvalue weighted by Crippen LogP contribution is -2.15. The van der Waals surface area contributed by atoms with Gasteiger partial charge in [-0.3, -0.25) is 9.48 Å². The van der Waals surface area contributed by atoms with Crippen LogP contribution in [-0.2, 0) is 11.2 Å². The number of carbonyl (C=O) groups excluding carboxylic acids is 1. The Balaban J connectivity index is 2.06. The van der Waals surface area contributed by atoms with Gasteiger partial charge in [-0.05, 0) is 38.0 Å². The van der Waals surface area contributed by atoms with Crippen molar-refractivity contribution in [3.63, 3.8) is 0 Å². The lowest BCUT2D eigenvalue weighted by atomic mass is 10.1. The number of nitrogens with one attached hydrogen (secondary N) is 1. The standard InChI is InChI=1S/C16H19Cl2N3O/c1-4-10(2)21-11(3)7-15(20-21)19-16(22)8-12-5-6-13(17)9-14(12)18/h5-7,9-10H,4,8H2,1-3H3,(H,19,20,22). The van der Waals surface area contributed by atoms with Crippen molar-refractivity contribution in [2.24, 2.45) is 0 Å². The molecule has 0 saturated heterocycles. The maximum absolute atomic E-state index is 12.1. The largest absolute Gasteiger partial charge is 0.309 e. The number of aromatic nitrogens is 2. The molecule has 1 amide bonds. The lowest BCUT2D eigenvalue weighted by Gasteiger charge is -2.11. The van der Waals surface area contributed by atoms with Crippen molar-refractivity contribution in [1.82, 2.24) is 9.78 Å². The molecule has 0 spiro atoms. The van der Waals surface area contributed by atoms with Crippen LogP contribution in [0.2, 0.25) is 10.0 Å². The SMILES string of the molecule is CCC(C)n1nc(NC(=O)Cc2ccc(Cl)cc2Cl)cc1C. The Morgan fingerprint density at radius 3 is 2.73 bits per heavy atom. The molecule has 0 fully saturated rings. The van der Waals surface area contributed by atoms with E-state index in [1.54, 1.807) is 18.2 Å². The zero-order valence-corrected chi connectivity index (χ0v) is 14.4. The van der Waals surface area contributed by atoms with E-state index in [2.05, 4.69) is 24.3 Å². The van der Waals surface area contributed by atoms with E-state index in [1.807, 2.05) is 17.7 Å². The van der Waals surface area contributed by atoms with Gasteiger partial charge < -0.3 is 5.32 Å². The third kappa shape index (κ3) is 4.02. The molecule has 1 unspecified atom stereocenters. The zero-order valence-electron chi connectivity index (χ0n) is 12.9. The number of carbonyl (C=O) groups is 1. The summed E-state index contributed by atoms with van der Waals surface area (Å²) in [6, 6.07) is 7.28. The number of benzene rings is 1. The van der Waals surface area contributed by atoms with Crippen LogP contribution in [0, 0.1) is 6.92 Å². The second kappa shape index (κ2) is 7.16. The number of rotatable bonds is 5. The number of anilines is 1. The van der Waals surface area contributed by atoms with Gasteiger partial charge in [-0.25, -0.2) is 0 Å². The fourth-order valence-corrected chi connectivity index (χ4v) is 2.67. The molecule has 1 heterocycles. The summed E-state index contributed by atoms with van der Waals surface area (Å²) in [5, 5.41) is 8.28. The smallest absolute Gasteiger partial charge is 0.230 e. The van der Waals surface area contributed by atoms with E-state index in [0.29, 0.717) is 21.9 Å². The third-order valence-electron chi connectivity index (χ3n) is 3.56. The number of nitrogens with zero attached hydrogens (tertiary/aromatic N) is 2. The van der Waals surface area contributed by atoms with Crippen molar-refractivity contribution in [2.75, 3.05) is 5.32 Å². The molecule has 1 aromatic heterocycles. The van der Waals surface area contributed by atoms with E-state index in [0.717, 1.165) is 17.7 Å². The van der Waals surface area contributed by atoms with Gasteiger partial charge in [0.15, 0.2) is 5.82 Å². The summed E-state index contributed by atoms with van der Waals surface area (Å²) < 4.78 is 1.92. The molecule has 2 rings (SSSR count). The van der Waals surface area contributed by atoms with Gasteiger partial charge in [0.05, 0.1) is 6.42 Å². The summed E-state index contributed by atoms with van der Waals surface area (Å²) in [7, 11) is 0. The van der Waals surface area contributed by atoms with Crippen molar-refractivity contribution in [1.29, 1.82) is 0 Å². The van der Waals surface area contributed by atoms with Crippen LogP contribution >= 0.6 is 23.2 Å². The highest BCUT2D eigenvalue weighted by atomic mass is 35.5. The van der Waals surface area contributed by atoms with Crippen molar-refractivity contribution in [3.05, 3.63) is 45.6 Å². The van der Waals surface area contributed by atoms with E-state index in [-0.39, 0.29) is 12.3 Å². The second-order valence-electron chi connectivity index (χ2n) is 5.33. The highest BCUT2D eigenvalue weighted by molar-refractivity contribution is 6.35. The third-order valence-corrected chi connectivity index (χ3v) is 4.15. The maximum atomic E-state index is 12.1. The van der Waals surface area contributed by atoms with Crippen LogP contribution in [0.4, 0.5) is 5.82 Å². The van der Waals surface area contributed by atoms with Crippen LogP contribution in [0.15, 0.2) is 24.3 Å². The fourth-order valence-electron chi connectivity index (χ4n) is 2.19. The predicted molar refractivity (Wildman–Crippen MR) is 90.8 cm³/mol. The summed E-state index contributed by atoms with van der Waals surface area (Å²) in [4.78, 5) is 12.1. The van der Waals surface area contributed by atoms with Crippen LogP contribution < -0.4 is 5.32 Å². The van der Waals surface area contributed by atoms with Gasteiger partial charge in [0.2, 0.25) is 5.91 Å². The Morgan fingerprint density at radius 1 is 1.36 bits per heavy atom. The van der Waals surface area contributed by atoms with Gasteiger partial charge in [0.1, 0.15) is 0 Å². The van der Waals surface area contributed by atoms with Crippen LogP contribution in [-0.4, -0.2) is 15.7 Å². The molecule has 0 saturated carbocycles. The average Bonchev–Trinajstić information content (AvgIpc) is 2.81. The van der Waals surface area contributed by atoms with Crippen molar-refractivity contribution < 1.29 is 4.79 Å². The Labute approximate surface area is 140 Å². The van der Waals surface area contributed by atoms with Gasteiger partial charge in [0.25, 0.3) is 0 Å². The van der Waals surface area contributed by atoms with Crippen molar-refractivity contribution in [3.8, 4) is 0 Å². The molecule has 0 aliphatic carbocycles. The van der Waals surface area contributed by atoms with Gasteiger partial charge in [0, 0.05) is 27.8 Å². The number of amides is 1. The first-order valence-electron chi connectivity index (χ1n) is 7.20. The van der Waals surface area contributed by atoms with Crippen LogP contribution in [0.1, 0.15) is 37.6 Å². The number of hydrogen-bond acceptors (Lipinski definition) is 2. The van der Waals surface area contributed by atoms with E-state index in [1.165, 1.54) is 0 Å². The molecule has 1 atom stereocenters. The van der Waals surface area contributed by atoms with Crippen LogP contribution in [0.3, 0.4) is 0 Å². The van der Waals surface area contributed by atoms with Gasteiger partial charge in [-0.2, -0.15) is 5.10 Å². The minimum atomic E-state index is -0.155. The Bertz CT molecular complexity index is 682. The summed E-state index contributed by atoms with van der Waals surface area (Å²) in [5.41, 5.74) is 1.76. The van der Waals surface area contributed by atoms with E-state index in [4.69, 9.17) is 23.2 Å². The summed E-state index contributed by atoms with van der Waals surface area (Å²) in [5.74, 6) is 0.408. The van der Waals surface area contributed by atoms with Gasteiger partial charge in [-0.1, -0.05) is 36.2 Å². The molecular weight excluding hydrogens is 321 g/mol. The molecule has 1 N–H and O–H groups in total. The minimum absolute atomic E-state index is 0.155. The molecule has 0 aliphatic rings. The summed E-state index contributed by atoms with van der Waals surface area (Å²) in [6.45, 7) is 6.18. The highest BCUT2D eigenvalue weighted by Gasteiger charge is 2.13. The van der Waals surface area contributed by atoms with E-state index < -0.39 is 0 Å². The molecule has 6 heteroatoms. The molecule has 1 aromatic carbocycles. The Morgan fingerprint density at radius 2 is 2.09 bits per heavy atom. The Kier molecular flexibility index (Phi) is 5.48. The van der Waals surface area contributed by atoms with Crippen LogP contribution in [0.5, 0.6) is 0 Å². The first-order chi connectivity index (χ1) is 10.4. The highest BCUT2D eigenvalue weighted by Crippen LogP contribution is 2.22. The number of halogens is 2. The second-order valence-corrected chi connectivity index (χ2v) is 6.18. The van der Waals surface area contributed by atoms with Crippen LogP contribution in [0.25, 0.3) is 0 Å². The molecule has 0 bridgehead atoms.